The third-order valence-corrected chi connectivity index (χ3v) is 6.13. The number of halogens is 1. The number of carbonyl (C=O) groups excluding carboxylic acids is 1. The number of rotatable bonds is 8. The van der Waals surface area contributed by atoms with Gasteiger partial charge in [-0.1, -0.05) is 41.0 Å². The quantitative estimate of drug-likeness (QED) is 0.529. The van der Waals surface area contributed by atoms with Crippen molar-refractivity contribution in [2.75, 3.05) is 32.8 Å². The molecule has 33 heavy (non-hydrogen) atoms. The largest absolute Gasteiger partial charge is 0.488 e. The van der Waals surface area contributed by atoms with Gasteiger partial charge in [0.2, 0.25) is 0 Å². The third-order valence-electron chi connectivity index (χ3n) is 5.88. The molecule has 2 aromatic carbocycles. The topological polar surface area (TPSA) is 76.8 Å². The van der Waals surface area contributed by atoms with Gasteiger partial charge in [-0.3, -0.25) is 9.69 Å². The number of morpholine rings is 1. The number of aryl methyl sites for hydroxylation is 2. The Morgan fingerprint density at radius 2 is 1.88 bits per heavy atom. The average molecular weight is 470 g/mol. The molecule has 1 fully saturated rings. The minimum Gasteiger partial charge on any atom is -0.488 e. The third kappa shape index (κ3) is 5.74. The summed E-state index contributed by atoms with van der Waals surface area (Å²) in [6.07, 6.45) is 0. The summed E-state index contributed by atoms with van der Waals surface area (Å²) < 4.78 is 16.7. The van der Waals surface area contributed by atoms with E-state index in [0.717, 1.165) is 29.9 Å². The van der Waals surface area contributed by atoms with E-state index in [-0.39, 0.29) is 18.6 Å². The monoisotopic (exact) mass is 469 g/mol. The van der Waals surface area contributed by atoms with Gasteiger partial charge in [-0.05, 0) is 43.7 Å². The normalized spacial score (nSPS) is 15.2. The summed E-state index contributed by atoms with van der Waals surface area (Å²) in [5, 5.41) is 7.75. The van der Waals surface area contributed by atoms with Crippen LogP contribution in [-0.4, -0.2) is 48.8 Å². The zero-order valence-electron chi connectivity index (χ0n) is 18.8. The van der Waals surface area contributed by atoms with Crippen molar-refractivity contribution in [1.82, 2.24) is 15.4 Å². The Hall–Kier alpha value is -2.87. The molecule has 0 bridgehead atoms. The Morgan fingerprint density at radius 1 is 1.15 bits per heavy atom. The molecule has 0 spiro atoms. The minimum atomic E-state index is -0.184. The van der Waals surface area contributed by atoms with Crippen molar-refractivity contribution in [2.24, 2.45) is 0 Å². The van der Waals surface area contributed by atoms with Gasteiger partial charge >= 0.3 is 0 Å². The van der Waals surface area contributed by atoms with Crippen molar-refractivity contribution in [1.29, 1.82) is 0 Å². The molecule has 0 saturated carbocycles. The van der Waals surface area contributed by atoms with Crippen LogP contribution in [0.2, 0.25) is 5.02 Å². The Kier molecular flexibility index (Phi) is 7.65. The fourth-order valence-corrected chi connectivity index (χ4v) is 4.08. The number of ether oxygens (including phenoxy) is 2. The van der Waals surface area contributed by atoms with Crippen molar-refractivity contribution >= 4 is 17.5 Å². The molecule has 0 radical (unpaired) electrons. The van der Waals surface area contributed by atoms with E-state index < -0.39 is 0 Å². The molecule has 1 amide bonds. The second-order valence-electron chi connectivity index (χ2n) is 8.01. The number of benzene rings is 2. The standard InChI is InChI=1S/C25H28ClN3O4/c1-17-22(18(2)33-28-17)16-32-24-6-4-3-5-21(24)25(30)27-15-23(29-11-13-31-14-12-29)19-7-9-20(26)10-8-19/h3-10,23H,11-16H2,1-2H3,(H,27,30). The lowest BCUT2D eigenvalue weighted by atomic mass is 10.0. The van der Waals surface area contributed by atoms with Gasteiger partial charge in [0.1, 0.15) is 18.1 Å². The number of hydrogen-bond acceptors (Lipinski definition) is 6. The predicted octanol–water partition coefficient (Wildman–Crippen LogP) is 4.33. The molecule has 1 aliphatic heterocycles. The highest BCUT2D eigenvalue weighted by molar-refractivity contribution is 6.30. The molecular formula is C25H28ClN3O4. The van der Waals surface area contributed by atoms with Gasteiger partial charge in [0.15, 0.2) is 0 Å². The van der Waals surface area contributed by atoms with E-state index in [4.69, 9.17) is 25.6 Å². The molecule has 8 heteroatoms. The van der Waals surface area contributed by atoms with Crippen LogP contribution < -0.4 is 10.1 Å². The van der Waals surface area contributed by atoms with Crippen LogP contribution in [0.5, 0.6) is 5.75 Å². The number of aromatic nitrogens is 1. The van der Waals surface area contributed by atoms with Crippen molar-refractivity contribution in [3.63, 3.8) is 0 Å². The van der Waals surface area contributed by atoms with Crippen molar-refractivity contribution in [2.45, 2.75) is 26.5 Å². The number of nitrogens with zero attached hydrogens (tertiary/aromatic N) is 2. The lowest BCUT2D eigenvalue weighted by Crippen LogP contribution is -2.43. The van der Waals surface area contributed by atoms with Crippen LogP contribution in [0.1, 0.15) is 39.0 Å². The maximum absolute atomic E-state index is 13.1. The Labute approximate surface area is 198 Å². The van der Waals surface area contributed by atoms with E-state index in [1.54, 1.807) is 12.1 Å². The summed E-state index contributed by atoms with van der Waals surface area (Å²) in [5.41, 5.74) is 3.26. The van der Waals surface area contributed by atoms with E-state index >= 15 is 0 Å². The van der Waals surface area contributed by atoms with Crippen LogP contribution in [0.4, 0.5) is 0 Å². The highest BCUT2D eigenvalue weighted by Crippen LogP contribution is 2.25. The van der Waals surface area contributed by atoms with Crippen LogP contribution in [-0.2, 0) is 11.3 Å². The van der Waals surface area contributed by atoms with Gasteiger partial charge in [0.25, 0.3) is 5.91 Å². The highest BCUT2D eigenvalue weighted by atomic mass is 35.5. The summed E-state index contributed by atoms with van der Waals surface area (Å²) in [5.74, 6) is 1.05. The Balaban J connectivity index is 1.46. The summed E-state index contributed by atoms with van der Waals surface area (Å²) >= 11 is 6.09. The molecule has 1 unspecified atom stereocenters. The first-order chi connectivity index (χ1) is 16.0. The van der Waals surface area contributed by atoms with Gasteiger partial charge in [-0.15, -0.1) is 0 Å². The Bertz CT molecular complexity index is 1060. The molecule has 0 aliphatic carbocycles. The van der Waals surface area contributed by atoms with Gasteiger partial charge in [0, 0.05) is 24.7 Å². The summed E-state index contributed by atoms with van der Waals surface area (Å²) in [4.78, 5) is 15.5. The number of carbonyl (C=O) groups is 1. The van der Waals surface area contributed by atoms with E-state index in [1.165, 1.54) is 0 Å². The summed E-state index contributed by atoms with van der Waals surface area (Å²) in [7, 11) is 0. The number of hydrogen-bond donors (Lipinski definition) is 1. The van der Waals surface area contributed by atoms with Crippen LogP contribution in [0, 0.1) is 13.8 Å². The van der Waals surface area contributed by atoms with E-state index in [0.29, 0.717) is 41.9 Å². The van der Waals surface area contributed by atoms with Gasteiger partial charge in [0.05, 0.1) is 36.1 Å². The van der Waals surface area contributed by atoms with E-state index in [9.17, 15) is 4.79 Å². The van der Waals surface area contributed by atoms with Crippen molar-refractivity contribution < 1.29 is 18.8 Å². The van der Waals surface area contributed by atoms with Crippen LogP contribution in [0.3, 0.4) is 0 Å². The first-order valence-corrected chi connectivity index (χ1v) is 11.4. The number of amides is 1. The molecule has 3 aromatic rings. The maximum Gasteiger partial charge on any atom is 0.255 e. The molecule has 1 atom stereocenters. The molecule has 2 heterocycles. The lowest BCUT2D eigenvalue weighted by Gasteiger charge is -2.35. The first-order valence-electron chi connectivity index (χ1n) is 11.0. The van der Waals surface area contributed by atoms with Gasteiger partial charge in [-0.25, -0.2) is 0 Å². The smallest absolute Gasteiger partial charge is 0.255 e. The maximum atomic E-state index is 13.1. The SMILES string of the molecule is Cc1noc(C)c1COc1ccccc1C(=O)NCC(c1ccc(Cl)cc1)N1CCOCC1. The molecule has 1 N–H and O–H groups in total. The first kappa shape index (κ1) is 23.3. The molecule has 7 nitrogen and oxygen atoms in total. The van der Waals surface area contributed by atoms with Crippen LogP contribution in [0.15, 0.2) is 53.1 Å². The fraction of sp³-hybridized carbons (Fsp3) is 0.360. The molecule has 1 aliphatic rings. The summed E-state index contributed by atoms with van der Waals surface area (Å²) in [6, 6.07) is 15.0. The predicted molar refractivity (Wildman–Crippen MR) is 126 cm³/mol. The minimum absolute atomic E-state index is 0.0190. The highest BCUT2D eigenvalue weighted by Gasteiger charge is 2.24. The van der Waals surface area contributed by atoms with Gasteiger partial charge < -0.3 is 19.3 Å². The molecule has 1 aromatic heterocycles. The molecular weight excluding hydrogens is 442 g/mol. The van der Waals surface area contributed by atoms with Crippen molar-refractivity contribution in [3.05, 3.63) is 81.7 Å². The van der Waals surface area contributed by atoms with Crippen LogP contribution >= 0.6 is 11.6 Å². The molecule has 4 rings (SSSR count). The molecule has 1 saturated heterocycles. The Morgan fingerprint density at radius 3 is 2.58 bits per heavy atom. The van der Waals surface area contributed by atoms with E-state index in [1.807, 2.05) is 50.2 Å². The summed E-state index contributed by atoms with van der Waals surface area (Å²) in [6.45, 7) is 7.43. The van der Waals surface area contributed by atoms with E-state index in [2.05, 4.69) is 15.4 Å². The van der Waals surface area contributed by atoms with Gasteiger partial charge in [-0.2, -0.15) is 0 Å². The second-order valence-corrected chi connectivity index (χ2v) is 8.45. The molecule has 174 valence electrons. The fourth-order valence-electron chi connectivity index (χ4n) is 3.95. The number of nitrogens with one attached hydrogen (secondary N) is 1. The zero-order valence-corrected chi connectivity index (χ0v) is 19.6. The number of para-hydroxylation sites is 1. The lowest BCUT2D eigenvalue weighted by molar-refractivity contribution is 0.0162. The van der Waals surface area contributed by atoms with Crippen LogP contribution in [0.25, 0.3) is 0 Å². The average Bonchev–Trinajstić information content (AvgIpc) is 3.16. The second kappa shape index (κ2) is 10.8. The zero-order chi connectivity index (χ0) is 23.2. The van der Waals surface area contributed by atoms with Crippen molar-refractivity contribution in [3.8, 4) is 5.75 Å².